The number of benzene rings is 1. The number of hydrogen-bond acceptors (Lipinski definition) is 10. The molecule has 0 aromatic heterocycles. The van der Waals surface area contributed by atoms with E-state index in [9.17, 15) is 9.59 Å². The van der Waals surface area contributed by atoms with Crippen molar-refractivity contribution in [3.8, 4) is 6.07 Å². The summed E-state index contributed by atoms with van der Waals surface area (Å²) in [5.41, 5.74) is 7.84. The zero-order valence-electron chi connectivity index (χ0n) is 21.0. The zero-order chi connectivity index (χ0) is 25.8. The summed E-state index contributed by atoms with van der Waals surface area (Å²) in [5.74, 6) is -0.794. The minimum absolute atomic E-state index is 0.0268. The minimum atomic E-state index is -0.714. The number of piperidine rings is 1. The molecule has 12 heteroatoms. The Morgan fingerprint density at radius 2 is 1.81 bits per heavy atom. The number of carboxylic acid groups (broad SMARTS) is 1. The van der Waals surface area contributed by atoms with Gasteiger partial charge in [0, 0.05) is 69.7 Å². The minimum Gasteiger partial charge on any atom is -0.481 e. The highest BCUT2D eigenvalue weighted by molar-refractivity contribution is 5.81. The van der Waals surface area contributed by atoms with Crippen LogP contribution in [0.15, 0.2) is 24.3 Å². The Hall–Kier alpha value is -2.95. The summed E-state index contributed by atoms with van der Waals surface area (Å²) in [6.45, 7) is 6.18. The number of piperazine rings is 1. The molecule has 0 spiro atoms. The van der Waals surface area contributed by atoms with E-state index in [2.05, 4.69) is 59.7 Å². The molecule has 4 heterocycles. The smallest absolute Gasteiger partial charge is 0.303 e. The largest absolute Gasteiger partial charge is 0.481 e. The van der Waals surface area contributed by atoms with Crippen LogP contribution in [-0.4, -0.2) is 97.6 Å². The normalized spacial score (nSPS) is 29.7. The number of carbonyl (C=O) groups excluding carboxylic acids is 1. The topological polar surface area (TPSA) is 148 Å². The average molecular weight is 512 g/mol. The van der Waals surface area contributed by atoms with Crippen LogP contribution in [-0.2, 0) is 9.59 Å². The summed E-state index contributed by atoms with van der Waals surface area (Å²) in [4.78, 5) is 30.6. The molecule has 1 aromatic carbocycles. The number of hydrogen-bond donors (Lipinski definition) is 6. The average Bonchev–Trinajstić information content (AvgIpc) is 2.90. The van der Waals surface area contributed by atoms with Crippen LogP contribution in [0.3, 0.4) is 0 Å². The van der Waals surface area contributed by atoms with Gasteiger partial charge in [-0.05, 0) is 43.0 Å². The van der Waals surface area contributed by atoms with Crippen molar-refractivity contribution in [1.82, 2.24) is 31.3 Å². The van der Waals surface area contributed by atoms with Crippen molar-refractivity contribution < 1.29 is 14.7 Å². The van der Waals surface area contributed by atoms with E-state index in [1.165, 1.54) is 0 Å². The fraction of sp³-hybridized carbons (Fsp3) is 0.640. The van der Waals surface area contributed by atoms with Crippen LogP contribution >= 0.6 is 0 Å². The van der Waals surface area contributed by atoms with Crippen molar-refractivity contribution in [3.05, 3.63) is 24.3 Å². The number of rotatable bonds is 7. The molecule has 37 heavy (non-hydrogen) atoms. The molecule has 1 aromatic rings. The van der Waals surface area contributed by atoms with Gasteiger partial charge < -0.3 is 15.3 Å². The number of carboxylic acids is 1. The van der Waals surface area contributed by atoms with Crippen LogP contribution in [0.4, 0.5) is 11.4 Å². The fourth-order valence-electron chi connectivity index (χ4n) is 5.92. The van der Waals surface area contributed by atoms with E-state index in [1.54, 1.807) is 0 Å². The van der Waals surface area contributed by atoms with Gasteiger partial charge in [0.1, 0.15) is 6.29 Å². The first kappa shape index (κ1) is 25.7. The molecule has 4 aliphatic rings. The predicted octanol–water partition coefficient (Wildman–Crippen LogP) is -0.648. The summed E-state index contributed by atoms with van der Waals surface area (Å²) < 4.78 is 0. The van der Waals surface area contributed by atoms with Gasteiger partial charge in [0.15, 0.2) is 0 Å². The van der Waals surface area contributed by atoms with Crippen LogP contribution in [0.5, 0.6) is 0 Å². The number of nitrogens with one attached hydrogen (secondary N) is 5. The van der Waals surface area contributed by atoms with Crippen molar-refractivity contribution in [2.75, 3.05) is 62.6 Å². The second-order valence-corrected chi connectivity index (χ2v) is 10.4. The molecule has 1 amide bonds. The third kappa shape index (κ3) is 6.14. The molecule has 200 valence electrons. The second kappa shape index (κ2) is 11.6. The molecule has 5 rings (SSSR count). The molecule has 0 saturated carbocycles. The molecule has 12 nitrogen and oxygen atoms in total. The maximum Gasteiger partial charge on any atom is 0.303 e. The first-order valence-corrected chi connectivity index (χ1v) is 13.2. The van der Waals surface area contributed by atoms with Crippen molar-refractivity contribution in [2.45, 2.75) is 37.8 Å². The maximum atomic E-state index is 12.8. The Bertz CT molecular complexity index is 984. The zero-order valence-corrected chi connectivity index (χ0v) is 21.0. The molecule has 4 saturated heterocycles. The van der Waals surface area contributed by atoms with Crippen molar-refractivity contribution >= 4 is 23.3 Å². The summed E-state index contributed by atoms with van der Waals surface area (Å²) in [6.07, 6.45) is 1.70. The molecule has 0 bridgehead atoms. The highest BCUT2D eigenvalue weighted by atomic mass is 16.4. The SMILES string of the molecule is N#CCN1CCN(C2NC3CNNC(=O)C3C(Nc3ccc(N4CCC(CC(=O)O)CC4)cc3)N2)CC1. The van der Waals surface area contributed by atoms with E-state index in [4.69, 9.17) is 10.4 Å². The van der Waals surface area contributed by atoms with Crippen LogP contribution < -0.4 is 31.7 Å². The third-order valence-electron chi connectivity index (χ3n) is 8.04. The van der Waals surface area contributed by atoms with E-state index in [-0.39, 0.29) is 42.7 Å². The summed E-state index contributed by atoms with van der Waals surface area (Å²) in [7, 11) is 0. The maximum absolute atomic E-state index is 12.8. The monoisotopic (exact) mass is 511 g/mol. The Kier molecular flexibility index (Phi) is 8.07. The predicted molar refractivity (Wildman–Crippen MR) is 138 cm³/mol. The van der Waals surface area contributed by atoms with Gasteiger partial charge in [0.25, 0.3) is 0 Å². The molecule has 6 N–H and O–H groups in total. The lowest BCUT2D eigenvalue weighted by molar-refractivity contribution is -0.138. The van der Waals surface area contributed by atoms with E-state index in [1.807, 2.05) is 12.1 Å². The Morgan fingerprint density at radius 1 is 1.08 bits per heavy atom. The number of nitrogens with zero attached hydrogens (tertiary/aromatic N) is 4. The first-order valence-electron chi connectivity index (χ1n) is 13.2. The van der Waals surface area contributed by atoms with E-state index in [0.29, 0.717) is 13.1 Å². The third-order valence-corrected chi connectivity index (χ3v) is 8.04. The summed E-state index contributed by atoms with van der Waals surface area (Å²) in [6, 6.07) is 10.5. The molecule has 4 atom stereocenters. The second-order valence-electron chi connectivity index (χ2n) is 10.4. The van der Waals surface area contributed by atoms with E-state index >= 15 is 0 Å². The number of fused-ring (bicyclic) bond motifs is 1. The standard InChI is InChI=1S/C25H37N9O3/c26-7-10-32-11-13-34(14-12-32)25-29-20-16-27-31-24(37)22(20)23(30-25)28-18-1-3-19(4-2-18)33-8-5-17(6-9-33)15-21(35)36/h1-4,17,20,22-23,25,27-30H,5-6,8-16H2,(H,31,37)(H,35,36). The van der Waals surface area contributed by atoms with Gasteiger partial charge >= 0.3 is 5.97 Å². The van der Waals surface area contributed by atoms with Gasteiger partial charge in [0.2, 0.25) is 5.91 Å². The lowest BCUT2D eigenvalue weighted by Gasteiger charge is -2.50. The Labute approximate surface area is 217 Å². The number of anilines is 2. The van der Waals surface area contributed by atoms with Gasteiger partial charge in [0.05, 0.1) is 24.7 Å². The molecule has 0 radical (unpaired) electrons. The van der Waals surface area contributed by atoms with Gasteiger partial charge in [-0.25, -0.2) is 5.43 Å². The van der Waals surface area contributed by atoms with E-state index < -0.39 is 5.97 Å². The van der Waals surface area contributed by atoms with Crippen molar-refractivity contribution in [3.63, 3.8) is 0 Å². The number of carbonyl (C=O) groups is 2. The molecule has 0 aliphatic carbocycles. The van der Waals surface area contributed by atoms with Gasteiger partial charge in [-0.2, -0.15) is 5.26 Å². The Balaban J connectivity index is 1.22. The highest BCUT2D eigenvalue weighted by Crippen LogP contribution is 2.27. The summed E-state index contributed by atoms with van der Waals surface area (Å²) >= 11 is 0. The fourth-order valence-corrected chi connectivity index (χ4v) is 5.92. The van der Waals surface area contributed by atoms with Gasteiger partial charge in [-0.1, -0.05) is 0 Å². The molecular weight excluding hydrogens is 474 g/mol. The molecule has 4 aliphatic heterocycles. The quantitative estimate of drug-likeness (QED) is 0.260. The number of hydrazine groups is 1. The lowest BCUT2D eigenvalue weighted by atomic mass is 9.91. The van der Waals surface area contributed by atoms with Gasteiger partial charge in [-0.15, -0.1) is 0 Å². The molecule has 4 fully saturated rings. The van der Waals surface area contributed by atoms with Crippen molar-refractivity contribution in [2.24, 2.45) is 11.8 Å². The number of aliphatic carboxylic acids is 1. The van der Waals surface area contributed by atoms with Crippen LogP contribution in [0.25, 0.3) is 0 Å². The van der Waals surface area contributed by atoms with Crippen LogP contribution in [0, 0.1) is 23.2 Å². The van der Waals surface area contributed by atoms with Crippen molar-refractivity contribution in [1.29, 1.82) is 5.26 Å². The molecular formula is C25H37N9O3. The Morgan fingerprint density at radius 3 is 2.49 bits per heavy atom. The van der Waals surface area contributed by atoms with Crippen LogP contribution in [0.2, 0.25) is 0 Å². The number of amides is 1. The molecule has 4 unspecified atom stereocenters. The van der Waals surface area contributed by atoms with Crippen LogP contribution in [0.1, 0.15) is 19.3 Å². The first-order chi connectivity index (χ1) is 18.0. The lowest BCUT2D eigenvalue weighted by Crippen LogP contribution is -2.77. The highest BCUT2D eigenvalue weighted by Gasteiger charge is 2.45. The summed E-state index contributed by atoms with van der Waals surface area (Å²) in [5, 5.41) is 28.8. The van der Waals surface area contributed by atoms with E-state index in [0.717, 1.165) is 63.5 Å². The number of nitriles is 1. The van der Waals surface area contributed by atoms with Gasteiger partial charge in [-0.3, -0.25) is 35.4 Å².